The van der Waals surface area contributed by atoms with Gasteiger partial charge < -0.3 is 10.6 Å². The van der Waals surface area contributed by atoms with Crippen LogP contribution in [0.3, 0.4) is 0 Å². The van der Waals surface area contributed by atoms with Crippen molar-refractivity contribution in [3.63, 3.8) is 0 Å². The van der Waals surface area contributed by atoms with Crippen LogP contribution in [0.25, 0.3) is 0 Å². The smallest absolute Gasteiger partial charge is 0.254 e. The number of hydrogen-bond donors (Lipinski definition) is 2. The van der Waals surface area contributed by atoms with Crippen molar-refractivity contribution < 1.29 is 9.59 Å². The van der Waals surface area contributed by atoms with E-state index in [-0.39, 0.29) is 17.7 Å². The highest BCUT2D eigenvalue weighted by atomic mass is 16.2. The second-order valence-electron chi connectivity index (χ2n) is 9.01. The molecule has 0 spiro atoms. The van der Waals surface area contributed by atoms with Crippen LogP contribution in [0.1, 0.15) is 69.7 Å². The van der Waals surface area contributed by atoms with E-state index < -0.39 is 0 Å². The molecule has 1 aromatic rings. The van der Waals surface area contributed by atoms with Crippen LogP contribution in [-0.4, -0.2) is 34.4 Å². The SMILES string of the molecule is CC1=CC(CNC(=O)c2cncnc2)C(C(C)C)CC1CC(=O)NC1CCCC1. The van der Waals surface area contributed by atoms with Crippen molar-refractivity contribution in [3.05, 3.63) is 35.9 Å². The van der Waals surface area contributed by atoms with Crippen molar-refractivity contribution in [1.29, 1.82) is 0 Å². The molecule has 1 aromatic heterocycles. The zero-order valence-electron chi connectivity index (χ0n) is 17.9. The lowest BCUT2D eigenvalue weighted by Gasteiger charge is -2.37. The molecule has 0 aromatic carbocycles. The maximum Gasteiger partial charge on any atom is 0.254 e. The normalized spacial score (nSPS) is 25.0. The fourth-order valence-corrected chi connectivity index (χ4v) is 4.82. The van der Waals surface area contributed by atoms with E-state index in [2.05, 4.69) is 47.4 Å². The number of carbonyl (C=O) groups excluding carboxylic acids is 2. The van der Waals surface area contributed by atoms with Crippen molar-refractivity contribution in [2.45, 2.75) is 65.3 Å². The Kier molecular flexibility index (Phi) is 7.40. The Bertz CT molecular complexity index is 726. The maximum absolute atomic E-state index is 12.5. The lowest BCUT2D eigenvalue weighted by Crippen LogP contribution is -2.38. The van der Waals surface area contributed by atoms with Gasteiger partial charge in [-0.25, -0.2) is 9.97 Å². The quantitative estimate of drug-likeness (QED) is 0.689. The first-order valence-corrected chi connectivity index (χ1v) is 10.9. The number of nitrogens with zero attached hydrogens (tertiary/aromatic N) is 2. The number of carbonyl (C=O) groups is 2. The van der Waals surface area contributed by atoms with Crippen molar-refractivity contribution in [1.82, 2.24) is 20.6 Å². The molecule has 1 saturated carbocycles. The van der Waals surface area contributed by atoms with Gasteiger partial charge in [0.1, 0.15) is 6.33 Å². The molecular formula is C23H34N4O2. The zero-order valence-corrected chi connectivity index (χ0v) is 17.9. The van der Waals surface area contributed by atoms with E-state index in [4.69, 9.17) is 0 Å². The van der Waals surface area contributed by atoms with Gasteiger partial charge >= 0.3 is 0 Å². The molecule has 2 amide bonds. The van der Waals surface area contributed by atoms with Crippen molar-refractivity contribution in [3.8, 4) is 0 Å². The van der Waals surface area contributed by atoms with Gasteiger partial charge in [-0.15, -0.1) is 0 Å². The Morgan fingerprint density at radius 1 is 1.17 bits per heavy atom. The van der Waals surface area contributed by atoms with Crippen LogP contribution in [0.2, 0.25) is 0 Å². The summed E-state index contributed by atoms with van der Waals surface area (Å²) < 4.78 is 0. The van der Waals surface area contributed by atoms with E-state index in [9.17, 15) is 9.59 Å². The molecule has 1 fully saturated rings. The van der Waals surface area contributed by atoms with Crippen LogP contribution in [-0.2, 0) is 4.79 Å². The van der Waals surface area contributed by atoms with E-state index in [1.54, 1.807) is 0 Å². The van der Waals surface area contributed by atoms with Gasteiger partial charge in [0, 0.05) is 31.4 Å². The largest absolute Gasteiger partial charge is 0.353 e. The third-order valence-electron chi connectivity index (χ3n) is 6.56. The Morgan fingerprint density at radius 2 is 1.86 bits per heavy atom. The molecule has 6 nitrogen and oxygen atoms in total. The molecule has 2 N–H and O–H groups in total. The third-order valence-corrected chi connectivity index (χ3v) is 6.56. The molecule has 2 aliphatic carbocycles. The highest BCUT2D eigenvalue weighted by Crippen LogP contribution is 2.38. The van der Waals surface area contributed by atoms with Gasteiger partial charge in [-0.1, -0.05) is 38.3 Å². The standard InChI is InChI=1S/C23H34N4O2/c1-15(2)21-9-17(10-22(28)27-20-6-4-5-7-20)16(3)8-18(21)13-26-23(29)19-11-24-14-25-12-19/h8,11-12,14-15,17-18,20-21H,4-7,9-10,13H2,1-3H3,(H,26,29)(H,27,28). The molecule has 3 rings (SSSR count). The third kappa shape index (κ3) is 5.87. The molecule has 0 bridgehead atoms. The summed E-state index contributed by atoms with van der Waals surface area (Å²) in [6.45, 7) is 7.18. The summed E-state index contributed by atoms with van der Waals surface area (Å²) in [5.41, 5.74) is 1.75. The van der Waals surface area contributed by atoms with E-state index in [1.165, 1.54) is 37.1 Å². The lowest BCUT2D eigenvalue weighted by atomic mass is 9.69. The van der Waals surface area contributed by atoms with E-state index >= 15 is 0 Å². The predicted molar refractivity (Wildman–Crippen MR) is 113 cm³/mol. The molecule has 3 atom stereocenters. The summed E-state index contributed by atoms with van der Waals surface area (Å²) in [5.74, 6) is 1.54. The summed E-state index contributed by atoms with van der Waals surface area (Å²) in [6, 6.07) is 0.376. The molecule has 0 radical (unpaired) electrons. The van der Waals surface area contributed by atoms with Crippen molar-refractivity contribution in [2.75, 3.05) is 6.54 Å². The first-order valence-electron chi connectivity index (χ1n) is 10.9. The minimum Gasteiger partial charge on any atom is -0.353 e. The van der Waals surface area contributed by atoms with Gasteiger partial charge in [0.15, 0.2) is 0 Å². The average molecular weight is 399 g/mol. The predicted octanol–water partition coefficient (Wildman–Crippen LogP) is 3.51. The van der Waals surface area contributed by atoms with Crippen LogP contribution < -0.4 is 10.6 Å². The average Bonchev–Trinajstić information content (AvgIpc) is 3.21. The number of allylic oxidation sites excluding steroid dienone is 1. The van der Waals surface area contributed by atoms with Crippen LogP contribution in [0.4, 0.5) is 0 Å². The lowest BCUT2D eigenvalue weighted by molar-refractivity contribution is -0.122. The van der Waals surface area contributed by atoms with E-state index in [0.717, 1.165) is 19.3 Å². The van der Waals surface area contributed by atoms with Gasteiger partial charge in [0.05, 0.1) is 5.56 Å². The Labute approximate surface area is 174 Å². The van der Waals surface area contributed by atoms with Gasteiger partial charge in [0.25, 0.3) is 5.91 Å². The monoisotopic (exact) mass is 398 g/mol. The molecule has 2 aliphatic rings. The first kappa shape index (κ1) is 21.5. The molecule has 1 heterocycles. The Morgan fingerprint density at radius 3 is 2.52 bits per heavy atom. The fraction of sp³-hybridized carbons (Fsp3) is 0.652. The minimum absolute atomic E-state index is 0.141. The minimum atomic E-state index is -0.141. The van der Waals surface area contributed by atoms with Crippen LogP contribution in [0, 0.1) is 23.7 Å². The van der Waals surface area contributed by atoms with Crippen molar-refractivity contribution >= 4 is 11.8 Å². The number of rotatable bonds is 7. The Balaban J connectivity index is 1.59. The number of nitrogens with one attached hydrogen (secondary N) is 2. The van der Waals surface area contributed by atoms with E-state index in [1.807, 2.05) is 0 Å². The summed E-state index contributed by atoms with van der Waals surface area (Å²) in [4.78, 5) is 32.7. The molecule has 158 valence electrons. The van der Waals surface area contributed by atoms with Gasteiger partial charge in [-0.05, 0) is 49.9 Å². The van der Waals surface area contributed by atoms with Crippen molar-refractivity contribution in [2.24, 2.45) is 23.7 Å². The summed E-state index contributed by atoms with van der Waals surface area (Å²) in [6.07, 6.45) is 13.0. The van der Waals surface area contributed by atoms with Gasteiger partial charge in [-0.2, -0.15) is 0 Å². The highest BCUT2D eigenvalue weighted by molar-refractivity contribution is 5.93. The fourth-order valence-electron chi connectivity index (χ4n) is 4.82. The van der Waals surface area contributed by atoms with Crippen LogP contribution >= 0.6 is 0 Å². The summed E-state index contributed by atoms with van der Waals surface area (Å²) >= 11 is 0. The second kappa shape index (κ2) is 9.99. The Hall–Kier alpha value is -2.24. The molecule has 3 unspecified atom stereocenters. The summed E-state index contributed by atoms with van der Waals surface area (Å²) in [7, 11) is 0. The van der Waals surface area contributed by atoms with Crippen LogP contribution in [0.5, 0.6) is 0 Å². The van der Waals surface area contributed by atoms with Crippen LogP contribution in [0.15, 0.2) is 30.4 Å². The van der Waals surface area contributed by atoms with E-state index in [0.29, 0.717) is 42.3 Å². The number of hydrogen-bond acceptors (Lipinski definition) is 4. The second-order valence-corrected chi connectivity index (χ2v) is 9.01. The molecule has 0 aliphatic heterocycles. The van der Waals surface area contributed by atoms with Gasteiger partial charge in [0.2, 0.25) is 5.91 Å². The number of aromatic nitrogens is 2. The summed E-state index contributed by atoms with van der Waals surface area (Å²) in [5, 5.41) is 6.26. The van der Waals surface area contributed by atoms with Gasteiger partial charge in [-0.3, -0.25) is 9.59 Å². The number of amides is 2. The molecule has 6 heteroatoms. The molecule has 29 heavy (non-hydrogen) atoms. The molecular weight excluding hydrogens is 364 g/mol. The highest BCUT2D eigenvalue weighted by Gasteiger charge is 2.33. The topological polar surface area (TPSA) is 84.0 Å². The maximum atomic E-state index is 12.5. The first-order chi connectivity index (χ1) is 13.9. The zero-order chi connectivity index (χ0) is 20.8. The molecule has 0 saturated heterocycles.